The molecule has 0 spiro atoms. The number of hydrogen-bond donors (Lipinski definition) is 1. The van der Waals surface area contributed by atoms with Gasteiger partial charge in [0.1, 0.15) is 10.6 Å². The maximum Gasteiger partial charge on any atom is 0.243 e. The Morgan fingerprint density at radius 3 is 2.43 bits per heavy atom. The molecule has 0 radical (unpaired) electrons. The molecule has 0 amide bonds. The number of rotatable bonds is 7. The van der Waals surface area contributed by atoms with Gasteiger partial charge in [-0.15, -0.1) is 0 Å². The molecule has 1 aromatic heterocycles. The highest BCUT2D eigenvalue weighted by Crippen LogP contribution is 2.16. The Morgan fingerprint density at radius 2 is 1.91 bits per heavy atom. The summed E-state index contributed by atoms with van der Waals surface area (Å²) < 4.78 is 34.2. The van der Waals surface area contributed by atoms with Crippen LogP contribution in [0.3, 0.4) is 0 Å². The predicted octanol–water partition coefficient (Wildman–Crippen LogP) is 2.30. The SMILES string of the molecule is COc1ccc(CCNS(=O)(=O)c2cn(C(C)C)nc2C)cc1. The number of aryl methyl sites for hydroxylation is 1. The minimum atomic E-state index is -3.54. The summed E-state index contributed by atoms with van der Waals surface area (Å²) >= 11 is 0. The van der Waals surface area contributed by atoms with Crippen molar-refractivity contribution in [1.82, 2.24) is 14.5 Å². The van der Waals surface area contributed by atoms with Crippen molar-refractivity contribution in [2.45, 2.75) is 38.1 Å². The van der Waals surface area contributed by atoms with Gasteiger partial charge in [0.05, 0.1) is 12.8 Å². The van der Waals surface area contributed by atoms with Gasteiger partial charge in [0, 0.05) is 18.8 Å². The summed E-state index contributed by atoms with van der Waals surface area (Å²) in [6, 6.07) is 7.70. The van der Waals surface area contributed by atoms with Crippen molar-refractivity contribution in [3.8, 4) is 5.75 Å². The number of aromatic nitrogens is 2. The van der Waals surface area contributed by atoms with Crippen LogP contribution in [0.25, 0.3) is 0 Å². The molecular weight excluding hydrogens is 314 g/mol. The molecule has 23 heavy (non-hydrogen) atoms. The maximum absolute atomic E-state index is 12.4. The van der Waals surface area contributed by atoms with Crippen molar-refractivity contribution in [3.63, 3.8) is 0 Å². The second-order valence-corrected chi connectivity index (χ2v) is 7.38. The van der Waals surface area contributed by atoms with Gasteiger partial charge in [-0.3, -0.25) is 4.68 Å². The molecule has 0 unspecified atom stereocenters. The van der Waals surface area contributed by atoms with Crippen LogP contribution in [0.5, 0.6) is 5.75 Å². The number of nitrogens with zero attached hydrogens (tertiary/aromatic N) is 2. The van der Waals surface area contributed by atoms with E-state index in [-0.39, 0.29) is 10.9 Å². The van der Waals surface area contributed by atoms with Crippen LogP contribution in [-0.2, 0) is 16.4 Å². The zero-order valence-electron chi connectivity index (χ0n) is 13.9. The first-order chi connectivity index (χ1) is 10.8. The molecule has 0 saturated heterocycles. The van der Waals surface area contributed by atoms with E-state index in [1.54, 1.807) is 24.9 Å². The number of nitrogens with one attached hydrogen (secondary N) is 1. The number of methoxy groups -OCH3 is 1. The average molecular weight is 337 g/mol. The lowest BCUT2D eigenvalue weighted by Crippen LogP contribution is -2.26. The lowest BCUT2D eigenvalue weighted by molar-refractivity contribution is 0.414. The van der Waals surface area contributed by atoms with Gasteiger partial charge in [0.2, 0.25) is 10.0 Å². The molecule has 0 bridgehead atoms. The van der Waals surface area contributed by atoms with Crippen LogP contribution < -0.4 is 9.46 Å². The van der Waals surface area contributed by atoms with Crippen molar-refractivity contribution in [2.75, 3.05) is 13.7 Å². The van der Waals surface area contributed by atoms with E-state index in [9.17, 15) is 8.42 Å². The quantitative estimate of drug-likeness (QED) is 0.841. The molecule has 0 aliphatic rings. The summed E-state index contributed by atoms with van der Waals surface area (Å²) in [5.41, 5.74) is 1.55. The fourth-order valence-corrected chi connectivity index (χ4v) is 3.40. The smallest absolute Gasteiger partial charge is 0.243 e. The minimum Gasteiger partial charge on any atom is -0.497 e. The number of ether oxygens (including phenoxy) is 1. The molecular formula is C16H23N3O3S. The highest BCUT2D eigenvalue weighted by molar-refractivity contribution is 7.89. The van der Waals surface area contributed by atoms with Crippen molar-refractivity contribution in [1.29, 1.82) is 0 Å². The number of hydrogen-bond acceptors (Lipinski definition) is 4. The monoisotopic (exact) mass is 337 g/mol. The lowest BCUT2D eigenvalue weighted by Gasteiger charge is -2.07. The summed E-state index contributed by atoms with van der Waals surface area (Å²) in [7, 11) is -1.93. The Labute approximate surface area is 137 Å². The summed E-state index contributed by atoms with van der Waals surface area (Å²) in [5.74, 6) is 0.783. The van der Waals surface area contributed by atoms with Crippen LogP contribution in [-0.4, -0.2) is 31.9 Å². The average Bonchev–Trinajstić information content (AvgIpc) is 2.91. The van der Waals surface area contributed by atoms with Gasteiger partial charge in [-0.25, -0.2) is 13.1 Å². The van der Waals surface area contributed by atoms with E-state index in [0.717, 1.165) is 11.3 Å². The second kappa shape index (κ2) is 7.14. The largest absolute Gasteiger partial charge is 0.497 e. The van der Waals surface area contributed by atoms with E-state index in [2.05, 4.69) is 9.82 Å². The van der Waals surface area contributed by atoms with E-state index in [4.69, 9.17) is 4.74 Å². The Balaban J connectivity index is 2.01. The van der Waals surface area contributed by atoms with E-state index >= 15 is 0 Å². The van der Waals surface area contributed by atoms with Crippen molar-refractivity contribution in [3.05, 3.63) is 41.7 Å². The van der Waals surface area contributed by atoms with Crippen LogP contribution >= 0.6 is 0 Å². The molecule has 0 aliphatic carbocycles. The summed E-state index contributed by atoms with van der Waals surface area (Å²) in [4.78, 5) is 0.237. The van der Waals surface area contributed by atoms with Gasteiger partial charge in [-0.2, -0.15) is 5.10 Å². The van der Waals surface area contributed by atoms with E-state index in [1.807, 2.05) is 38.1 Å². The van der Waals surface area contributed by atoms with Gasteiger partial charge < -0.3 is 4.74 Å². The van der Waals surface area contributed by atoms with Gasteiger partial charge >= 0.3 is 0 Å². The Bertz CT molecular complexity index is 749. The molecule has 1 heterocycles. The summed E-state index contributed by atoms with van der Waals surface area (Å²) in [6.07, 6.45) is 2.19. The Kier molecular flexibility index (Phi) is 5.43. The van der Waals surface area contributed by atoms with Gasteiger partial charge in [-0.05, 0) is 44.9 Å². The first-order valence-electron chi connectivity index (χ1n) is 7.52. The predicted molar refractivity (Wildman–Crippen MR) is 89.2 cm³/mol. The summed E-state index contributed by atoms with van der Waals surface area (Å²) in [6.45, 7) is 5.96. The standard InChI is InChI=1S/C16H23N3O3S/c1-12(2)19-11-16(13(3)18-19)23(20,21)17-10-9-14-5-7-15(22-4)8-6-14/h5-8,11-12,17H,9-10H2,1-4H3. The molecule has 126 valence electrons. The molecule has 6 nitrogen and oxygen atoms in total. The fraction of sp³-hybridized carbons (Fsp3) is 0.438. The third kappa shape index (κ3) is 4.33. The van der Waals surface area contributed by atoms with Crippen LogP contribution in [0.15, 0.2) is 35.4 Å². The zero-order chi connectivity index (χ0) is 17.0. The highest BCUT2D eigenvalue weighted by Gasteiger charge is 2.20. The summed E-state index contributed by atoms with van der Waals surface area (Å²) in [5, 5.41) is 4.25. The van der Waals surface area contributed by atoms with Crippen molar-refractivity contribution in [2.24, 2.45) is 0 Å². The number of benzene rings is 1. The van der Waals surface area contributed by atoms with Gasteiger partial charge in [0.25, 0.3) is 0 Å². The maximum atomic E-state index is 12.4. The first-order valence-corrected chi connectivity index (χ1v) is 9.00. The van der Waals surface area contributed by atoms with E-state index in [1.165, 1.54) is 0 Å². The molecule has 0 atom stereocenters. The van der Waals surface area contributed by atoms with Gasteiger partial charge in [0.15, 0.2) is 0 Å². The lowest BCUT2D eigenvalue weighted by atomic mass is 10.1. The fourth-order valence-electron chi connectivity index (χ4n) is 2.19. The van der Waals surface area contributed by atoms with Gasteiger partial charge in [-0.1, -0.05) is 12.1 Å². The van der Waals surface area contributed by atoms with E-state index in [0.29, 0.717) is 18.7 Å². The zero-order valence-corrected chi connectivity index (χ0v) is 14.7. The third-order valence-electron chi connectivity index (χ3n) is 3.55. The molecule has 1 N–H and O–H groups in total. The normalized spacial score (nSPS) is 11.9. The van der Waals surface area contributed by atoms with Crippen LogP contribution in [0.4, 0.5) is 0 Å². The van der Waals surface area contributed by atoms with Crippen LogP contribution in [0, 0.1) is 6.92 Å². The molecule has 2 rings (SSSR count). The molecule has 7 heteroatoms. The van der Waals surface area contributed by atoms with Crippen molar-refractivity contribution >= 4 is 10.0 Å². The molecule has 1 aromatic carbocycles. The second-order valence-electron chi connectivity index (χ2n) is 5.65. The van der Waals surface area contributed by atoms with Crippen LogP contribution in [0.1, 0.15) is 31.1 Å². The molecule has 0 saturated carbocycles. The van der Waals surface area contributed by atoms with Crippen molar-refractivity contribution < 1.29 is 13.2 Å². The highest BCUT2D eigenvalue weighted by atomic mass is 32.2. The molecule has 2 aromatic rings. The molecule has 0 aliphatic heterocycles. The third-order valence-corrected chi connectivity index (χ3v) is 5.12. The van der Waals surface area contributed by atoms with Crippen LogP contribution in [0.2, 0.25) is 0 Å². The first kappa shape index (κ1) is 17.5. The topological polar surface area (TPSA) is 73.2 Å². The Hall–Kier alpha value is -1.86. The molecule has 0 fully saturated rings. The van der Waals surface area contributed by atoms with E-state index < -0.39 is 10.0 Å². The number of sulfonamides is 1. The minimum absolute atomic E-state index is 0.122. The Morgan fingerprint density at radius 1 is 1.26 bits per heavy atom.